The number of fused-ring (bicyclic) bond motifs is 1. The third-order valence-electron chi connectivity index (χ3n) is 3.71. The second kappa shape index (κ2) is 5.86. The number of halogens is 1. The molecule has 0 saturated carbocycles. The number of aryl methyl sites for hydroxylation is 3. The van der Waals surface area contributed by atoms with E-state index >= 15 is 0 Å². The number of alkyl halides is 1. The van der Waals surface area contributed by atoms with Crippen molar-refractivity contribution in [1.29, 1.82) is 0 Å². The van der Waals surface area contributed by atoms with Gasteiger partial charge in [0, 0.05) is 18.5 Å². The topological polar surface area (TPSA) is 30.7 Å². The number of benzene rings is 1. The van der Waals surface area contributed by atoms with Crippen molar-refractivity contribution in [2.45, 2.75) is 26.8 Å². The molecule has 1 aromatic carbocycles. The average molecular weight is 300 g/mol. The lowest BCUT2D eigenvalue weighted by molar-refractivity contribution is 0.744. The second-order valence-corrected chi connectivity index (χ2v) is 5.71. The maximum atomic E-state index is 5.93. The highest BCUT2D eigenvalue weighted by molar-refractivity contribution is 6.17. The first kappa shape index (κ1) is 14.1. The van der Waals surface area contributed by atoms with Crippen molar-refractivity contribution in [1.82, 2.24) is 14.5 Å². The van der Waals surface area contributed by atoms with Gasteiger partial charge < -0.3 is 4.57 Å². The van der Waals surface area contributed by atoms with Gasteiger partial charge in [-0.2, -0.15) is 0 Å². The first-order valence-electron chi connectivity index (χ1n) is 7.11. The van der Waals surface area contributed by atoms with E-state index < -0.39 is 0 Å². The lowest BCUT2D eigenvalue weighted by Crippen LogP contribution is -2.07. The summed E-state index contributed by atoms with van der Waals surface area (Å²) in [4.78, 5) is 9.27. The summed E-state index contributed by atoms with van der Waals surface area (Å²) < 4.78 is 2.18. The van der Waals surface area contributed by atoms with Gasteiger partial charge in [-0.05, 0) is 36.6 Å². The van der Waals surface area contributed by atoms with Crippen LogP contribution in [0.2, 0.25) is 0 Å². The minimum absolute atomic E-state index is 0.566. The predicted molar refractivity (Wildman–Crippen MR) is 87.0 cm³/mol. The number of rotatable bonds is 4. The van der Waals surface area contributed by atoms with Crippen molar-refractivity contribution in [2.24, 2.45) is 0 Å². The Morgan fingerprint density at radius 1 is 1.19 bits per heavy atom. The van der Waals surface area contributed by atoms with Gasteiger partial charge in [0.15, 0.2) is 5.65 Å². The minimum Gasteiger partial charge on any atom is -0.308 e. The third-order valence-corrected chi connectivity index (χ3v) is 3.90. The van der Waals surface area contributed by atoms with Gasteiger partial charge in [0.1, 0.15) is 11.3 Å². The molecular weight excluding hydrogens is 282 g/mol. The smallest absolute Gasteiger partial charge is 0.160 e. The monoisotopic (exact) mass is 299 g/mol. The summed E-state index contributed by atoms with van der Waals surface area (Å²) in [6.45, 7) is 4.95. The van der Waals surface area contributed by atoms with Crippen LogP contribution in [-0.4, -0.2) is 20.4 Å². The molecular formula is C17H18ClN3. The summed E-state index contributed by atoms with van der Waals surface area (Å²) in [6.07, 6.45) is 2.64. The fourth-order valence-corrected chi connectivity index (χ4v) is 2.73. The van der Waals surface area contributed by atoms with Gasteiger partial charge >= 0.3 is 0 Å². The van der Waals surface area contributed by atoms with Crippen molar-refractivity contribution in [3.63, 3.8) is 0 Å². The Morgan fingerprint density at radius 3 is 2.76 bits per heavy atom. The van der Waals surface area contributed by atoms with Crippen LogP contribution in [0.3, 0.4) is 0 Å². The van der Waals surface area contributed by atoms with Crippen LogP contribution in [-0.2, 0) is 13.0 Å². The standard InChI is InChI=1S/C17H18ClN3/c1-12-9-15-17(19-10-12)21(16(20-15)7-8-18)11-14-6-4-3-5-13(14)2/h3-6,9-10H,7-8,11H2,1-2H3. The molecule has 0 amide bonds. The summed E-state index contributed by atoms with van der Waals surface area (Å²) in [6, 6.07) is 10.5. The van der Waals surface area contributed by atoms with E-state index in [1.165, 1.54) is 11.1 Å². The van der Waals surface area contributed by atoms with Crippen LogP contribution in [0.15, 0.2) is 36.5 Å². The summed E-state index contributed by atoms with van der Waals surface area (Å²) in [7, 11) is 0. The lowest BCUT2D eigenvalue weighted by Gasteiger charge is -2.10. The first-order valence-corrected chi connectivity index (χ1v) is 7.64. The lowest BCUT2D eigenvalue weighted by atomic mass is 10.1. The summed E-state index contributed by atoms with van der Waals surface area (Å²) in [5, 5.41) is 0. The molecule has 0 aliphatic rings. The van der Waals surface area contributed by atoms with Crippen LogP contribution in [0.1, 0.15) is 22.5 Å². The minimum atomic E-state index is 0.566. The Labute approximate surface area is 129 Å². The molecule has 0 N–H and O–H groups in total. The number of hydrogen-bond donors (Lipinski definition) is 0. The molecule has 0 aliphatic heterocycles. The third kappa shape index (κ3) is 2.79. The van der Waals surface area contributed by atoms with Gasteiger partial charge in [0.2, 0.25) is 0 Å². The highest BCUT2D eigenvalue weighted by Gasteiger charge is 2.12. The predicted octanol–water partition coefficient (Wildman–Crippen LogP) is 3.88. The highest BCUT2D eigenvalue weighted by Crippen LogP contribution is 2.19. The van der Waals surface area contributed by atoms with Crippen molar-refractivity contribution in [3.05, 3.63) is 59.0 Å². The van der Waals surface area contributed by atoms with E-state index in [1.807, 2.05) is 13.1 Å². The van der Waals surface area contributed by atoms with E-state index in [0.717, 1.165) is 35.5 Å². The van der Waals surface area contributed by atoms with Gasteiger partial charge in [0.05, 0.1) is 6.54 Å². The van der Waals surface area contributed by atoms with E-state index in [4.69, 9.17) is 16.6 Å². The molecule has 0 saturated heterocycles. The van der Waals surface area contributed by atoms with Crippen molar-refractivity contribution < 1.29 is 0 Å². The summed E-state index contributed by atoms with van der Waals surface area (Å²) in [5.41, 5.74) is 5.58. The van der Waals surface area contributed by atoms with Crippen molar-refractivity contribution >= 4 is 22.8 Å². The largest absolute Gasteiger partial charge is 0.308 e. The van der Waals surface area contributed by atoms with Crippen molar-refractivity contribution in [3.8, 4) is 0 Å². The van der Waals surface area contributed by atoms with Gasteiger partial charge in [-0.25, -0.2) is 9.97 Å². The number of hydrogen-bond acceptors (Lipinski definition) is 2. The molecule has 0 aliphatic carbocycles. The van der Waals surface area contributed by atoms with E-state index in [2.05, 4.69) is 46.8 Å². The average Bonchev–Trinajstić information content (AvgIpc) is 2.79. The molecule has 108 valence electrons. The zero-order chi connectivity index (χ0) is 14.8. The molecule has 2 heterocycles. The first-order chi connectivity index (χ1) is 10.2. The van der Waals surface area contributed by atoms with E-state index in [-0.39, 0.29) is 0 Å². The van der Waals surface area contributed by atoms with Crippen molar-refractivity contribution in [2.75, 3.05) is 5.88 Å². The molecule has 0 bridgehead atoms. The number of nitrogens with zero attached hydrogens (tertiary/aromatic N) is 3. The van der Waals surface area contributed by atoms with Gasteiger partial charge in [0.25, 0.3) is 0 Å². The normalized spacial score (nSPS) is 11.2. The number of imidazole rings is 1. The Bertz CT molecular complexity index is 777. The zero-order valence-electron chi connectivity index (χ0n) is 12.3. The van der Waals surface area contributed by atoms with Gasteiger partial charge in [-0.3, -0.25) is 0 Å². The molecule has 4 heteroatoms. The molecule has 21 heavy (non-hydrogen) atoms. The van der Waals surface area contributed by atoms with Gasteiger partial charge in [-0.1, -0.05) is 24.3 Å². The highest BCUT2D eigenvalue weighted by atomic mass is 35.5. The Hall–Kier alpha value is -1.87. The van der Waals surface area contributed by atoms with E-state index in [1.54, 1.807) is 0 Å². The molecule has 0 fully saturated rings. The Morgan fingerprint density at radius 2 is 2.00 bits per heavy atom. The van der Waals surface area contributed by atoms with Gasteiger partial charge in [-0.15, -0.1) is 11.6 Å². The summed E-state index contributed by atoms with van der Waals surface area (Å²) >= 11 is 5.93. The molecule has 3 rings (SSSR count). The maximum absolute atomic E-state index is 5.93. The fraction of sp³-hybridized carbons (Fsp3) is 0.294. The zero-order valence-corrected chi connectivity index (χ0v) is 13.1. The van der Waals surface area contributed by atoms with E-state index in [0.29, 0.717) is 5.88 Å². The molecule has 0 unspecified atom stereocenters. The maximum Gasteiger partial charge on any atom is 0.160 e. The van der Waals surface area contributed by atoms with Crippen LogP contribution in [0, 0.1) is 13.8 Å². The second-order valence-electron chi connectivity index (χ2n) is 5.34. The SMILES string of the molecule is Cc1cnc2c(c1)nc(CCCl)n2Cc1ccccc1C. The molecule has 3 nitrogen and oxygen atoms in total. The molecule has 3 aromatic rings. The molecule has 0 atom stereocenters. The summed E-state index contributed by atoms with van der Waals surface area (Å²) in [5.74, 6) is 1.57. The fourth-order valence-electron chi connectivity index (χ4n) is 2.56. The van der Waals surface area contributed by atoms with E-state index in [9.17, 15) is 0 Å². The Kier molecular flexibility index (Phi) is 3.93. The number of pyridine rings is 1. The molecule has 0 radical (unpaired) electrons. The molecule has 0 spiro atoms. The van der Waals surface area contributed by atoms with Crippen LogP contribution < -0.4 is 0 Å². The Balaban J connectivity index is 2.11. The van der Waals surface area contributed by atoms with Crippen LogP contribution in [0.5, 0.6) is 0 Å². The quantitative estimate of drug-likeness (QED) is 0.685. The molecule has 2 aromatic heterocycles. The van der Waals surface area contributed by atoms with Crippen LogP contribution in [0.4, 0.5) is 0 Å². The van der Waals surface area contributed by atoms with Crippen LogP contribution in [0.25, 0.3) is 11.2 Å². The number of aromatic nitrogens is 3. The van der Waals surface area contributed by atoms with Crippen LogP contribution >= 0.6 is 11.6 Å².